The van der Waals surface area contributed by atoms with Gasteiger partial charge in [0, 0.05) is 31.0 Å². The molecular formula is C15H20N6O2S. The van der Waals surface area contributed by atoms with Crippen molar-refractivity contribution < 1.29 is 9.59 Å². The second kappa shape index (κ2) is 8.44. The van der Waals surface area contributed by atoms with Crippen LogP contribution in [0.4, 0.5) is 4.79 Å². The highest BCUT2D eigenvalue weighted by Crippen LogP contribution is 2.26. The smallest absolute Gasteiger partial charge is 0.321 e. The number of nitrogens with zero attached hydrogens (tertiary/aromatic N) is 4. The molecule has 8 nitrogen and oxygen atoms in total. The Kier molecular flexibility index (Phi) is 6.30. The largest absolute Gasteiger partial charge is 0.338 e. The highest BCUT2D eigenvalue weighted by Gasteiger charge is 2.21. The van der Waals surface area contributed by atoms with E-state index < -0.39 is 11.3 Å². The summed E-state index contributed by atoms with van der Waals surface area (Å²) in [7, 11) is 0. The third-order valence-electron chi connectivity index (χ3n) is 3.20. The molecule has 128 valence electrons. The van der Waals surface area contributed by atoms with Gasteiger partial charge >= 0.3 is 6.03 Å². The van der Waals surface area contributed by atoms with Crippen LogP contribution < -0.4 is 10.6 Å². The average molecular weight is 348 g/mol. The van der Waals surface area contributed by atoms with Gasteiger partial charge in [-0.05, 0) is 32.9 Å². The zero-order chi connectivity index (χ0) is 17.5. The van der Waals surface area contributed by atoms with Gasteiger partial charge in [0.15, 0.2) is 11.0 Å². The van der Waals surface area contributed by atoms with E-state index in [2.05, 4.69) is 25.8 Å². The minimum absolute atomic E-state index is 0.373. The third-order valence-corrected chi connectivity index (χ3v) is 4.28. The quantitative estimate of drug-likeness (QED) is 0.770. The monoisotopic (exact) mass is 348 g/mol. The summed E-state index contributed by atoms with van der Waals surface area (Å²) in [6.45, 7) is 6.61. The molecule has 24 heavy (non-hydrogen) atoms. The zero-order valence-electron chi connectivity index (χ0n) is 13.8. The topological polar surface area (TPSA) is 102 Å². The van der Waals surface area contributed by atoms with Crippen LogP contribution in [0.2, 0.25) is 0 Å². The molecule has 0 saturated carbocycles. The van der Waals surface area contributed by atoms with Gasteiger partial charge in [-0.15, -0.1) is 10.2 Å². The van der Waals surface area contributed by atoms with Crippen LogP contribution in [-0.4, -0.2) is 43.5 Å². The summed E-state index contributed by atoms with van der Waals surface area (Å²) in [5.41, 5.74) is 0.908. The maximum atomic E-state index is 12.1. The molecule has 0 aromatic carbocycles. The van der Waals surface area contributed by atoms with E-state index in [9.17, 15) is 9.59 Å². The van der Waals surface area contributed by atoms with Gasteiger partial charge in [-0.1, -0.05) is 11.8 Å². The molecule has 9 heteroatoms. The first-order valence-corrected chi connectivity index (χ1v) is 8.53. The van der Waals surface area contributed by atoms with Crippen LogP contribution in [0.15, 0.2) is 29.7 Å². The summed E-state index contributed by atoms with van der Waals surface area (Å²) >= 11 is 1.26. The van der Waals surface area contributed by atoms with Crippen molar-refractivity contribution in [1.29, 1.82) is 0 Å². The second-order valence-corrected chi connectivity index (χ2v) is 6.20. The summed E-state index contributed by atoms with van der Waals surface area (Å²) in [5.74, 6) is 0.348. The van der Waals surface area contributed by atoms with Gasteiger partial charge in [0.1, 0.15) is 0 Å². The van der Waals surface area contributed by atoms with Gasteiger partial charge in [-0.2, -0.15) is 0 Å². The number of urea groups is 1. The molecule has 1 atom stereocenters. The van der Waals surface area contributed by atoms with Crippen molar-refractivity contribution in [2.75, 3.05) is 6.54 Å². The standard InChI is InChI=1S/C15H20N6O2S/c1-4-17-14(23)18-13(22)10(3)24-15-20-19-12(21(15)5-2)11-6-8-16-9-7-11/h6-10H,4-5H2,1-3H3,(H2,17,18,22,23)/t10-/m1/s1. The fourth-order valence-corrected chi connectivity index (χ4v) is 2.92. The molecule has 0 saturated heterocycles. The number of hydrogen-bond donors (Lipinski definition) is 2. The van der Waals surface area contributed by atoms with Gasteiger partial charge in [0.25, 0.3) is 0 Å². The summed E-state index contributed by atoms with van der Waals surface area (Å²) in [4.78, 5) is 27.5. The second-order valence-electron chi connectivity index (χ2n) is 4.90. The molecule has 0 bridgehead atoms. The van der Waals surface area contributed by atoms with Crippen molar-refractivity contribution in [2.24, 2.45) is 0 Å². The predicted octanol–water partition coefficient (Wildman–Crippen LogP) is 1.69. The molecule has 0 spiro atoms. The SMILES string of the molecule is CCNC(=O)NC(=O)[C@@H](C)Sc1nnc(-c2ccncc2)n1CC. The van der Waals surface area contributed by atoms with E-state index in [-0.39, 0.29) is 5.91 Å². The Hall–Kier alpha value is -2.42. The molecule has 2 heterocycles. The Bertz CT molecular complexity index is 703. The molecule has 2 aromatic rings. The molecule has 3 amide bonds. The lowest BCUT2D eigenvalue weighted by molar-refractivity contribution is -0.119. The number of rotatable bonds is 6. The summed E-state index contributed by atoms with van der Waals surface area (Å²) < 4.78 is 1.93. The van der Waals surface area contributed by atoms with Crippen LogP contribution in [0, 0.1) is 0 Å². The van der Waals surface area contributed by atoms with Gasteiger partial charge in [-0.3, -0.25) is 15.1 Å². The van der Waals surface area contributed by atoms with Gasteiger partial charge < -0.3 is 9.88 Å². The highest BCUT2D eigenvalue weighted by molar-refractivity contribution is 8.00. The van der Waals surface area contributed by atoms with E-state index in [4.69, 9.17) is 0 Å². The molecule has 0 fully saturated rings. The number of aromatic nitrogens is 4. The van der Waals surface area contributed by atoms with Crippen LogP contribution in [-0.2, 0) is 11.3 Å². The van der Waals surface area contributed by atoms with Crippen LogP contribution in [0.3, 0.4) is 0 Å². The van der Waals surface area contributed by atoms with Gasteiger partial charge in [0.05, 0.1) is 5.25 Å². The number of pyridine rings is 1. The van der Waals surface area contributed by atoms with E-state index in [0.29, 0.717) is 18.2 Å². The number of thioether (sulfide) groups is 1. The molecule has 0 aliphatic rings. The maximum Gasteiger partial charge on any atom is 0.321 e. The number of carbonyl (C=O) groups is 2. The lowest BCUT2D eigenvalue weighted by Gasteiger charge is -2.12. The number of carbonyl (C=O) groups excluding carboxylic acids is 2. The third kappa shape index (κ3) is 4.31. The maximum absolute atomic E-state index is 12.1. The van der Waals surface area contributed by atoms with Gasteiger partial charge in [-0.25, -0.2) is 4.79 Å². The van der Waals surface area contributed by atoms with Crippen LogP contribution in [0.1, 0.15) is 20.8 Å². The average Bonchev–Trinajstić information content (AvgIpc) is 2.98. The molecule has 0 aliphatic heterocycles. The molecular weight excluding hydrogens is 328 g/mol. The predicted molar refractivity (Wildman–Crippen MR) is 91.5 cm³/mol. The van der Waals surface area contributed by atoms with E-state index >= 15 is 0 Å². The Morgan fingerprint density at radius 2 is 1.96 bits per heavy atom. The van der Waals surface area contributed by atoms with Crippen LogP contribution in [0.5, 0.6) is 0 Å². The first kappa shape index (κ1) is 17.9. The molecule has 0 radical (unpaired) electrons. The molecule has 0 unspecified atom stereocenters. The lowest BCUT2D eigenvalue weighted by atomic mass is 10.2. The molecule has 0 aliphatic carbocycles. The van der Waals surface area contributed by atoms with Crippen LogP contribution >= 0.6 is 11.8 Å². The molecule has 2 rings (SSSR count). The van der Waals surface area contributed by atoms with Gasteiger partial charge in [0.2, 0.25) is 5.91 Å². The Morgan fingerprint density at radius 1 is 1.25 bits per heavy atom. The minimum Gasteiger partial charge on any atom is -0.338 e. The number of hydrogen-bond acceptors (Lipinski definition) is 6. The number of nitrogens with one attached hydrogen (secondary N) is 2. The summed E-state index contributed by atoms with van der Waals surface area (Å²) in [5, 5.41) is 13.4. The normalized spacial score (nSPS) is 11.8. The molecule has 2 N–H and O–H groups in total. The Labute approximate surface area is 144 Å². The number of amides is 3. The van der Waals surface area contributed by atoms with Crippen LogP contribution in [0.25, 0.3) is 11.4 Å². The highest BCUT2D eigenvalue weighted by atomic mass is 32.2. The van der Waals surface area contributed by atoms with Crippen molar-refractivity contribution in [2.45, 2.75) is 37.7 Å². The van der Waals surface area contributed by atoms with E-state index in [0.717, 1.165) is 11.4 Å². The lowest BCUT2D eigenvalue weighted by Crippen LogP contribution is -2.42. The van der Waals surface area contributed by atoms with Crippen molar-refractivity contribution in [3.8, 4) is 11.4 Å². The van der Waals surface area contributed by atoms with E-state index in [1.165, 1.54) is 11.8 Å². The Balaban J connectivity index is 2.11. The summed E-state index contributed by atoms with van der Waals surface area (Å²) in [6.07, 6.45) is 3.39. The first-order valence-electron chi connectivity index (χ1n) is 7.65. The minimum atomic E-state index is -0.496. The number of imide groups is 1. The van der Waals surface area contributed by atoms with Crippen molar-refractivity contribution >= 4 is 23.7 Å². The fourth-order valence-electron chi connectivity index (χ4n) is 2.01. The molecule has 2 aromatic heterocycles. The van der Waals surface area contributed by atoms with E-state index in [1.54, 1.807) is 26.2 Å². The first-order chi connectivity index (χ1) is 11.6. The summed E-state index contributed by atoms with van der Waals surface area (Å²) in [6, 6.07) is 3.22. The zero-order valence-corrected chi connectivity index (χ0v) is 14.6. The van der Waals surface area contributed by atoms with Crippen molar-refractivity contribution in [3.63, 3.8) is 0 Å². The van der Waals surface area contributed by atoms with E-state index in [1.807, 2.05) is 23.6 Å². The fraction of sp³-hybridized carbons (Fsp3) is 0.400. The van der Waals surface area contributed by atoms with Crippen molar-refractivity contribution in [3.05, 3.63) is 24.5 Å². The Morgan fingerprint density at radius 3 is 2.58 bits per heavy atom. The van der Waals surface area contributed by atoms with Crippen molar-refractivity contribution in [1.82, 2.24) is 30.4 Å².